The summed E-state index contributed by atoms with van der Waals surface area (Å²) in [6, 6.07) is 3.32. The number of hydrogen-bond acceptors (Lipinski definition) is 20. The van der Waals surface area contributed by atoms with Crippen LogP contribution in [-0.4, -0.2) is 203 Å². The molecule has 0 bridgehead atoms. The van der Waals surface area contributed by atoms with Gasteiger partial charge in [0, 0.05) is 69.4 Å². The molecule has 410 valence electrons. The minimum Gasteiger partial charge on any atom is -0.459 e. The molecule has 0 aliphatic carbocycles. The molecule has 20 atom stereocenters. The third-order valence-electron chi connectivity index (χ3n) is 15.7. The normalized spacial score (nSPS) is 40.0. The third kappa shape index (κ3) is 13.5. The van der Waals surface area contributed by atoms with Gasteiger partial charge < -0.3 is 74.0 Å². The highest BCUT2D eigenvalue weighted by molar-refractivity contribution is 5.73. The molecule has 0 saturated carbocycles. The van der Waals surface area contributed by atoms with E-state index in [0.717, 1.165) is 0 Å². The number of likely N-dealkylation sites (N-methyl/N-ethyl adjacent to an activating group) is 2. The van der Waals surface area contributed by atoms with Gasteiger partial charge in [-0.05, 0) is 105 Å². The molecule has 22 nitrogen and oxygen atoms in total. The maximum Gasteiger partial charge on any atom is 0.311 e. The Hall–Kier alpha value is -3.33. The minimum absolute atomic E-state index is 0.0695. The molecule has 0 unspecified atom stereocenters. The number of aliphatic hydroxyl groups excluding tert-OH is 5. The van der Waals surface area contributed by atoms with Crippen molar-refractivity contribution in [2.24, 2.45) is 17.8 Å². The minimum atomic E-state index is -1.86. The van der Waals surface area contributed by atoms with Gasteiger partial charge in [-0.25, -0.2) is 4.68 Å². The Kier molecular flexibility index (Phi) is 20.3. The van der Waals surface area contributed by atoms with Crippen LogP contribution in [-0.2, 0) is 39.6 Å². The van der Waals surface area contributed by atoms with Crippen molar-refractivity contribution < 1.29 is 73.9 Å². The number of ether oxygens (including phenoxy) is 6. The van der Waals surface area contributed by atoms with Gasteiger partial charge in [0.05, 0.1) is 58.8 Å². The van der Waals surface area contributed by atoms with E-state index < -0.39 is 132 Å². The predicted octanol–water partition coefficient (Wildman–Crippen LogP) is 2.28. The number of benzene rings is 1. The summed E-state index contributed by atoms with van der Waals surface area (Å²) in [6.45, 7) is 17.5. The number of carbonyl (C=O) groups excluding carboxylic acids is 1. The predicted molar refractivity (Wildman–Crippen MR) is 261 cm³/mol. The maximum absolute atomic E-state index is 14.5. The van der Waals surface area contributed by atoms with Crippen molar-refractivity contribution in [3.8, 4) is 0 Å². The van der Waals surface area contributed by atoms with Gasteiger partial charge in [-0.3, -0.25) is 14.9 Å². The zero-order chi connectivity index (χ0) is 53.8. The molecule has 1 aromatic carbocycles. The molecule has 3 aliphatic rings. The lowest BCUT2D eigenvalue weighted by molar-refractivity contribution is -0.384. The van der Waals surface area contributed by atoms with Gasteiger partial charge >= 0.3 is 5.97 Å². The molecule has 0 amide bonds. The molecule has 0 spiro atoms. The van der Waals surface area contributed by atoms with E-state index in [9.17, 15) is 50.7 Å². The standard InChI is InChI=1S/C50H84N6O16/c1-14-38-50(10,64)43(60)31(6)54(12)24-27(2)22-48(8,63)45(29(4)42(30(5)46(62)70-38)71-39-23-49(9,67-13)44(61)32(7)69-39)72-47-41(59)36(21-28(3)68-47)53(11)20-19-34-25-55(52-51-34)37(26-57)40(58)33-15-17-35(18-16-33)56(65)66/h15-18,25,27-32,36-45,47,57-61,63-64H,14,19-24,26H2,1-13H3/t27-,28-,29+,30-,31-,32+,36+,37-,38-,39+,40-,41-,42+,43-,44+,45-,47+,48-,49-,50-/m1/s1. The number of nitrogens with zero attached hydrogens (tertiary/aromatic N) is 6. The maximum atomic E-state index is 14.5. The summed E-state index contributed by atoms with van der Waals surface area (Å²) in [7, 11) is 5.14. The average molecular weight is 1030 g/mol. The van der Waals surface area contributed by atoms with Crippen molar-refractivity contribution in [2.75, 3.05) is 40.9 Å². The number of cyclic esters (lactones) is 1. The Labute approximate surface area is 423 Å². The van der Waals surface area contributed by atoms with E-state index in [1.807, 2.05) is 37.7 Å². The molecule has 72 heavy (non-hydrogen) atoms. The number of nitro benzene ring substituents is 1. The molecule has 3 aliphatic heterocycles. The van der Waals surface area contributed by atoms with E-state index in [-0.39, 0.29) is 30.9 Å². The van der Waals surface area contributed by atoms with Crippen LogP contribution in [0, 0.1) is 27.9 Å². The number of methoxy groups -OCH3 is 1. The Morgan fingerprint density at radius 3 is 2.25 bits per heavy atom. The van der Waals surface area contributed by atoms with E-state index in [0.29, 0.717) is 37.2 Å². The number of aromatic nitrogens is 3. The van der Waals surface area contributed by atoms with Gasteiger partial charge in [-0.1, -0.05) is 26.0 Å². The number of esters is 1. The summed E-state index contributed by atoms with van der Waals surface area (Å²) < 4.78 is 39.5. The van der Waals surface area contributed by atoms with E-state index in [4.69, 9.17) is 28.4 Å². The summed E-state index contributed by atoms with van der Waals surface area (Å²) in [5, 5.41) is 101. The molecule has 4 heterocycles. The van der Waals surface area contributed by atoms with Crippen LogP contribution in [0.2, 0.25) is 0 Å². The molecular formula is C50H84N6O16. The van der Waals surface area contributed by atoms with Crippen LogP contribution in [0.15, 0.2) is 30.5 Å². The highest BCUT2D eigenvalue weighted by Gasteiger charge is 2.53. The van der Waals surface area contributed by atoms with E-state index >= 15 is 0 Å². The molecule has 1 aromatic heterocycles. The van der Waals surface area contributed by atoms with Gasteiger partial charge in [-0.15, -0.1) is 5.10 Å². The number of carbonyl (C=O) groups is 1. The van der Waals surface area contributed by atoms with Crippen molar-refractivity contribution in [1.29, 1.82) is 0 Å². The molecule has 2 aromatic rings. The number of hydrogen-bond donors (Lipinski definition) is 7. The second-order valence-corrected chi connectivity index (χ2v) is 21.7. The Bertz CT molecular complexity index is 2050. The van der Waals surface area contributed by atoms with E-state index in [1.165, 1.54) is 43.0 Å². The van der Waals surface area contributed by atoms with Gasteiger partial charge in [0.15, 0.2) is 12.6 Å². The molecule has 3 fully saturated rings. The smallest absolute Gasteiger partial charge is 0.311 e. The second-order valence-electron chi connectivity index (χ2n) is 21.7. The Balaban J connectivity index is 1.44. The van der Waals surface area contributed by atoms with Crippen molar-refractivity contribution in [3.05, 3.63) is 51.8 Å². The lowest BCUT2D eigenvalue weighted by Crippen LogP contribution is -2.61. The SMILES string of the molecule is CC[C@H]1OC(=O)[C@H](C)[C@@H](O[C@H]2C[C@@](C)(OC)[C@@H](O)[C@H](C)O2)[C@H](C)[C@@H](O[C@@H]2O[C@H](C)C[C@H](N(C)CCc3cn([C@H](CO)[C@H](O)c4ccc([N+](=O)[O-])cc4)nn3)[C@H]2O)[C@](C)(O)C[C@@H](C)CN(C)[C@H](C)[C@@H](O)[C@]1(C)O. The first-order valence-electron chi connectivity index (χ1n) is 25.3. The van der Waals surface area contributed by atoms with E-state index in [2.05, 4.69) is 10.3 Å². The first-order valence-corrected chi connectivity index (χ1v) is 25.3. The summed E-state index contributed by atoms with van der Waals surface area (Å²) in [6.07, 6.45) is -9.02. The van der Waals surface area contributed by atoms with Crippen LogP contribution in [0.3, 0.4) is 0 Å². The average Bonchev–Trinajstić information content (AvgIpc) is 3.80. The van der Waals surface area contributed by atoms with E-state index in [1.54, 1.807) is 54.7 Å². The van der Waals surface area contributed by atoms with Gasteiger partial charge in [0.25, 0.3) is 5.69 Å². The zero-order valence-corrected chi connectivity index (χ0v) is 44.3. The molecule has 7 N–H and O–H groups in total. The molecule has 5 rings (SSSR count). The quantitative estimate of drug-likeness (QED) is 0.0765. The van der Waals surface area contributed by atoms with Crippen LogP contribution in [0.5, 0.6) is 0 Å². The lowest BCUT2D eigenvalue weighted by Gasteiger charge is -2.49. The van der Waals surface area contributed by atoms with Crippen LogP contribution in [0.25, 0.3) is 0 Å². The summed E-state index contributed by atoms with van der Waals surface area (Å²) >= 11 is 0. The number of rotatable bonds is 15. The number of nitro groups is 1. The fraction of sp³-hybridized carbons (Fsp3) is 0.820. The molecular weight excluding hydrogens is 941 g/mol. The van der Waals surface area contributed by atoms with Crippen molar-refractivity contribution >= 4 is 11.7 Å². The van der Waals surface area contributed by atoms with Crippen molar-refractivity contribution in [2.45, 2.75) is 204 Å². The third-order valence-corrected chi connectivity index (χ3v) is 15.7. The monoisotopic (exact) mass is 1020 g/mol. The van der Waals surface area contributed by atoms with Crippen LogP contribution in [0.1, 0.15) is 118 Å². The fourth-order valence-electron chi connectivity index (χ4n) is 11.1. The Morgan fingerprint density at radius 1 is 1.00 bits per heavy atom. The highest BCUT2D eigenvalue weighted by Crippen LogP contribution is 2.40. The van der Waals surface area contributed by atoms with Crippen LogP contribution in [0.4, 0.5) is 5.69 Å². The highest BCUT2D eigenvalue weighted by atomic mass is 16.7. The number of non-ortho nitro benzene ring substituents is 1. The van der Waals surface area contributed by atoms with Crippen LogP contribution >= 0.6 is 0 Å². The zero-order valence-electron chi connectivity index (χ0n) is 44.3. The van der Waals surface area contributed by atoms with Crippen molar-refractivity contribution in [1.82, 2.24) is 24.8 Å². The fourth-order valence-corrected chi connectivity index (χ4v) is 11.1. The number of aliphatic hydroxyl groups is 7. The molecule has 0 radical (unpaired) electrons. The second kappa shape index (κ2) is 24.6. The van der Waals surface area contributed by atoms with Crippen molar-refractivity contribution in [3.63, 3.8) is 0 Å². The Morgan fingerprint density at radius 2 is 1.65 bits per heavy atom. The largest absolute Gasteiger partial charge is 0.459 e. The summed E-state index contributed by atoms with van der Waals surface area (Å²) in [4.78, 5) is 28.9. The van der Waals surface area contributed by atoms with Gasteiger partial charge in [0.1, 0.15) is 42.2 Å². The van der Waals surface area contributed by atoms with Crippen LogP contribution < -0.4 is 0 Å². The first-order chi connectivity index (χ1) is 33.6. The van der Waals surface area contributed by atoms with Gasteiger partial charge in [-0.2, -0.15) is 0 Å². The summed E-state index contributed by atoms with van der Waals surface area (Å²) in [5.74, 6) is -2.94. The first kappa shape index (κ1) is 59.5. The summed E-state index contributed by atoms with van der Waals surface area (Å²) in [5.41, 5.74) is -3.89. The topological polar surface area (TPSA) is 294 Å². The molecule has 3 saturated heterocycles. The lowest BCUT2D eigenvalue weighted by atomic mass is 9.77. The van der Waals surface area contributed by atoms with Gasteiger partial charge in [0.2, 0.25) is 0 Å². The molecule has 22 heteroatoms.